The average molecular weight is 595 g/mol. The number of benzene rings is 3. The molecule has 4 rings (SSSR count). The Morgan fingerprint density at radius 2 is 1.48 bits per heavy atom. The van der Waals surface area contributed by atoms with Crippen molar-refractivity contribution in [2.45, 2.75) is 13.2 Å². The fourth-order valence-electron chi connectivity index (χ4n) is 3.15. The van der Waals surface area contributed by atoms with E-state index in [9.17, 15) is 18.4 Å². The van der Waals surface area contributed by atoms with Gasteiger partial charge in [0.15, 0.2) is 0 Å². The molecule has 0 spiro atoms. The van der Waals surface area contributed by atoms with E-state index >= 15 is 0 Å². The van der Waals surface area contributed by atoms with Crippen molar-refractivity contribution in [2.24, 2.45) is 0 Å². The maximum Gasteiger partial charge on any atom is 0.293 e. The van der Waals surface area contributed by atoms with E-state index in [2.05, 4.69) is 31.9 Å². The van der Waals surface area contributed by atoms with Gasteiger partial charge >= 0.3 is 0 Å². The van der Waals surface area contributed by atoms with Gasteiger partial charge in [0.2, 0.25) is 0 Å². The largest absolute Gasteiger partial charge is 0.486 e. The predicted molar refractivity (Wildman–Crippen MR) is 130 cm³/mol. The quantitative estimate of drug-likeness (QED) is 0.281. The normalized spacial score (nSPS) is 14.9. The van der Waals surface area contributed by atoms with Gasteiger partial charge in [-0.25, -0.2) is 8.78 Å². The van der Waals surface area contributed by atoms with Crippen LogP contribution in [-0.2, 0) is 17.9 Å². The summed E-state index contributed by atoms with van der Waals surface area (Å²) in [5, 5.41) is -0.461. The van der Waals surface area contributed by atoms with Crippen molar-refractivity contribution in [1.82, 2.24) is 4.90 Å². The van der Waals surface area contributed by atoms with Gasteiger partial charge in [0.1, 0.15) is 24.0 Å². The van der Waals surface area contributed by atoms with Crippen molar-refractivity contribution >= 4 is 60.8 Å². The van der Waals surface area contributed by atoms with Gasteiger partial charge in [-0.15, -0.1) is 0 Å². The smallest absolute Gasteiger partial charge is 0.293 e. The Kier molecular flexibility index (Phi) is 7.31. The van der Waals surface area contributed by atoms with Crippen LogP contribution in [0.2, 0.25) is 0 Å². The SMILES string of the molecule is O=C1S/C(=C/c2cc(Br)c(OCc3ccccc3F)c(Br)c2)C(=O)N1Cc1ccccc1F. The summed E-state index contributed by atoms with van der Waals surface area (Å²) < 4.78 is 34.7. The summed E-state index contributed by atoms with van der Waals surface area (Å²) in [4.78, 5) is 26.4. The number of hydrogen-bond donors (Lipinski definition) is 0. The second kappa shape index (κ2) is 10.2. The molecule has 3 aromatic rings. The molecule has 0 radical (unpaired) electrons. The molecular formula is C24H15Br2F2NO3S. The van der Waals surface area contributed by atoms with Gasteiger partial charge in [0, 0.05) is 11.1 Å². The number of imide groups is 1. The van der Waals surface area contributed by atoms with Crippen LogP contribution in [0.3, 0.4) is 0 Å². The molecule has 33 heavy (non-hydrogen) atoms. The highest BCUT2D eigenvalue weighted by molar-refractivity contribution is 9.11. The molecule has 9 heteroatoms. The molecule has 1 aliphatic heterocycles. The molecule has 3 aromatic carbocycles. The molecule has 0 unspecified atom stereocenters. The van der Waals surface area contributed by atoms with E-state index in [-0.39, 0.29) is 29.4 Å². The highest BCUT2D eigenvalue weighted by Crippen LogP contribution is 2.38. The maximum absolute atomic E-state index is 13.9. The van der Waals surface area contributed by atoms with Crippen molar-refractivity contribution in [3.63, 3.8) is 0 Å². The van der Waals surface area contributed by atoms with Crippen LogP contribution in [0, 0.1) is 11.6 Å². The minimum Gasteiger partial charge on any atom is -0.486 e. The first-order chi connectivity index (χ1) is 15.8. The number of nitrogens with zero attached hydrogens (tertiary/aromatic N) is 1. The predicted octanol–water partition coefficient (Wildman–Crippen LogP) is 7.31. The van der Waals surface area contributed by atoms with Gasteiger partial charge in [-0.2, -0.15) is 0 Å². The number of ether oxygens (including phenoxy) is 1. The first-order valence-electron chi connectivity index (χ1n) is 9.67. The summed E-state index contributed by atoms with van der Waals surface area (Å²) in [7, 11) is 0. The molecule has 1 heterocycles. The Balaban J connectivity index is 1.52. The number of carbonyl (C=O) groups excluding carboxylic acids is 2. The lowest BCUT2D eigenvalue weighted by Gasteiger charge is -2.13. The fourth-order valence-corrected chi connectivity index (χ4v) is 5.44. The van der Waals surface area contributed by atoms with Crippen LogP contribution in [-0.4, -0.2) is 16.0 Å². The lowest BCUT2D eigenvalue weighted by molar-refractivity contribution is -0.123. The van der Waals surface area contributed by atoms with Gasteiger partial charge in [-0.05, 0) is 79.5 Å². The van der Waals surface area contributed by atoms with Gasteiger partial charge in [-0.1, -0.05) is 36.4 Å². The van der Waals surface area contributed by atoms with E-state index < -0.39 is 17.0 Å². The molecular weight excluding hydrogens is 580 g/mol. The van der Waals surface area contributed by atoms with Crippen LogP contribution in [0.1, 0.15) is 16.7 Å². The number of rotatable bonds is 6. The summed E-state index contributed by atoms with van der Waals surface area (Å²) in [6.45, 7) is -0.0942. The molecule has 1 aliphatic rings. The van der Waals surface area contributed by atoms with E-state index in [0.717, 1.165) is 16.7 Å². The Bertz CT molecular complexity index is 1260. The molecule has 1 saturated heterocycles. The van der Waals surface area contributed by atoms with E-state index in [1.54, 1.807) is 48.5 Å². The fraction of sp³-hybridized carbons (Fsp3) is 0.0833. The molecule has 0 saturated carbocycles. The zero-order valence-corrected chi connectivity index (χ0v) is 20.8. The third-order valence-corrected chi connectivity index (χ3v) is 6.89. The number of thioether (sulfide) groups is 1. The second-order valence-corrected chi connectivity index (χ2v) is 9.75. The van der Waals surface area contributed by atoms with Crippen LogP contribution >= 0.6 is 43.6 Å². The number of amides is 2. The minimum absolute atomic E-state index is 0.0398. The van der Waals surface area contributed by atoms with E-state index in [1.165, 1.54) is 18.2 Å². The van der Waals surface area contributed by atoms with Crippen molar-refractivity contribution in [3.8, 4) is 5.75 Å². The highest BCUT2D eigenvalue weighted by Gasteiger charge is 2.35. The van der Waals surface area contributed by atoms with Crippen LogP contribution in [0.25, 0.3) is 6.08 Å². The first kappa shape index (κ1) is 23.7. The molecule has 1 fully saturated rings. The standard InChI is InChI=1S/C24H15Br2F2NO3S/c25-17-9-14(10-18(26)22(17)32-13-16-6-2-4-8-20(16)28)11-21-23(30)29(24(31)33-21)12-15-5-1-3-7-19(15)27/h1-11H,12-13H2/b21-11+. The van der Waals surface area contributed by atoms with E-state index in [0.29, 0.717) is 25.8 Å². The van der Waals surface area contributed by atoms with Crippen molar-refractivity contribution in [2.75, 3.05) is 0 Å². The van der Waals surface area contributed by atoms with Crippen molar-refractivity contribution < 1.29 is 23.1 Å². The molecule has 0 atom stereocenters. The number of halogens is 4. The molecule has 0 N–H and O–H groups in total. The van der Waals surface area contributed by atoms with Crippen LogP contribution in [0.5, 0.6) is 5.75 Å². The van der Waals surface area contributed by atoms with Crippen LogP contribution in [0.4, 0.5) is 13.6 Å². The Morgan fingerprint density at radius 3 is 2.09 bits per heavy atom. The summed E-state index contributed by atoms with van der Waals surface area (Å²) in [5.41, 5.74) is 1.33. The van der Waals surface area contributed by atoms with Crippen molar-refractivity contribution in [1.29, 1.82) is 0 Å². The summed E-state index contributed by atoms with van der Waals surface area (Å²) in [6, 6.07) is 15.8. The summed E-state index contributed by atoms with van der Waals surface area (Å²) in [6.07, 6.45) is 1.59. The van der Waals surface area contributed by atoms with Gasteiger partial charge in [0.05, 0.1) is 20.4 Å². The lowest BCUT2D eigenvalue weighted by Crippen LogP contribution is -2.27. The zero-order chi connectivity index (χ0) is 23.5. The lowest BCUT2D eigenvalue weighted by atomic mass is 10.2. The van der Waals surface area contributed by atoms with Gasteiger partial charge in [-0.3, -0.25) is 14.5 Å². The topological polar surface area (TPSA) is 46.6 Å². The summed E-state index contributed by atoms with van der Waals surface area (Å²) >= 11 is 7.68. The van der Waals surface area contributed by atoms with Crippen LogP contribution in [0.15, 0.2) is 74.5 Å². The third kappa shape index (κ3) is 5.37. The second-order valence-electron chi connectivity index (χ2n) is 7.05. The average Bonchev–Trinajstić information content (AvgIpc) is 3.03. The van der Waals surface area contributed by atoms with E-state index in [4.69, 9.17) is 4.74 Å². The van der Waals surface area contributed by atoms with Gasteiger partial charge < -0.3 is 4.74 Å². The monoisotopic (exact) mass is 593 g/mol. The zero-order valence-electron chi connectivity index (χ0n) is 16.9. The third-order valence-electron chi connectivity index (χ3n) is 4.81. The minimum atomic E-state index is -0.486. The molecule has 4 nitrogen and oxygen atoms in total. The molecule has 2 amide bonds. The molecule has 0 bridgehead atoms. The highest BCUT2D eigenvalue weighted by atomic mass is 79.9. The van der Waals surface area contributed by atoms with Crippen LogP contribution < -0.4 is 4.74 Å². The van der Waals surface area contributed by atoms with E-state index in [1.807, 2.05) is 0 Å². The summed E-state index contributed by atoms with van der Waals surface area (Å²) in [5.74, 6) is -0.838. The molecule has 0 aliphatic carbocycles. The maximum atomic E-state index is 13.9. The van der Waals surface area contributed by atoms with Gasteiger partial charge in [0.25, 0.3) is 11.1 Å². The molecule has 0 aromatic heterocycles. The van der Waals surface area contributed by atoms with Crippen molar-refractivity contribution in [3.05, 3.63) is 103 Å². The molecule has 168 valence electrons. The number of carbonyl (C=O) groups is 2. The Hall–Kier alpha value is -2.49. The Morgan fingerprint density at radius 1 is 0.909 bits per heavy atom. The Labute approximate surface area is 209 Å². The first-order valence-corrected chi connectivity index (χ1v) is 12.1. The number of hydrogen-bond acceptors (Lipinski definition) is 4.